The molecule has 0 saturated heterocycles. The smallest absolute Gasteiger partial charge is 0.261 e. The van der Waals surface area contributed by atoms with Gasteiger partial charge in [0.05, 0.1) is 11.3 Å². The van der Waals surface area contributed by atoms with Crippen LogP contribution in [0, 0.1) is 18.6 Å². The number of hydrogen-bond acceptors (Lipinski definition) is 4. The highest BCUT2D eigenvalue weighted by Crippen LogP contribution is 2.27. The van der Waals surface area contributed by atoms with E-state index in [1.54, 1.807) is 0 Å². The zero-order valence-electron chi connectivity index (χ0n) is 11.1. The van der Waals surface area contributed by atoms with Crippen molar-refractivity contribution in [1.82, 2.24) is 10.1 Å². The average molecular weight is 287 g/mol. The summed E-state index contributed by atoms with van der Waals surface area (Å²) in [6.45, 7) is 1.94. The summed E-state index contributed by atoms with van der Waals surface area (Å²) in [5, 5.41) is 3.81. The number of nitrogens with zero attached hydrogens (tertiary/aromatic N) is 2. The first kappa shape index (κ1) is 13.2. The summed E-state index contributed by atoms with van der Waals surface area (Å²) in [4.78, 5) is 4.13. The maximum Gasteiger partial charge on any atom is 0.261 e. The zero-order valence-corrected chi connectivity index (χ0v) is 11.1. The summed E-state index contributed by atoms with van der Waals surface area (Å²) in [7, 11) is 0. The lowest BCUT2D eigenvalue weighted by molar-refractivity contribution is 0.429. The number of anilines is 1. The van der Waals surface area contributed by atoms with Crippen LogP contribution in [0.3, 0.4) is 0 Å². The molecule has 0 aliphatic heterocycles. The van der Waals surface area contributed by atoms with Gasteiger partial charge in [0.15, 0.2) is 0 Å². The van der Waals surface area contributed by atoms with Crippen molar-refractivity contribution in [3.63, 3.8) is 0 Å². The van der Waals surface area contributed by atoms with Gasteiger partial charge in [-0.15, -0.1) is 0 Å². The van der Waals surface area contributed by atoms with Crippen LogP contribution in [0.25, 0.3) is 22.8 Å². The van der Waals surface area contributed by atoms with Crippen molar-refractivity contribution >= 4 is 5.69 Å². The summed E-state index contributed by atoms with van der Waals surface area (Å²) in [5.41, 5.74) is 7.02. The molecule has 0 bridgehead atoms. The molecular formula is C15H11F2N3O. The van der Waals surface area contributed by atoms with E-state index in [9.17, 15) is 8.78 Å². The Hall–Kier alpha value is -2.76. The molecule has 3 aromatic rings. The first-order valence-corrected chi connectivity index (χ1v) is 6.20. The highest BCUT2D eigenvalue weighted by Gasteiger charge is 2.16. The molecule has 2 aromatic carbocycles. The second-order valence-corrected chi connectivity index (χ2v) is 4.65. The molecule has 0 spiro atoms. The van der Waals surface area contributed by atoms with Crippen molar-refractivity contribution in [3.8, 4) is 22.8 Å². The van der Waals surface area contributed by atoms with E-state index in [2.05, 4.69) is 10.1 Å². The van der Waals surface area contributed by atoms with Crippen LogP contribution in [-0.2, 0) is 0 Å². The molecule has 0 radical (unpaired) electrons. The molecule has 0 unspecified atom stereocenters. The van der Waals surface area contributed by atoms with Gasteiger partial charge in [0.1, 0.15) is 11.6 Å². The van der Waals surface area contributed by atoms with Crippen molar-refractivity contribution in [2.75, 3.05) is 5.73 Å². The van der Waals surface area contributed by atoms with Gasteiger partial charge in [0, 0.05) is 11.6 Å². The molecule has 21 heavy (non-hydrogen) atoms. The van der Waals surface area contributed by atoms with Crippen LogP contribution < -0.4 is 5.73 Å². The minimum atomic E-state index is -0.824. The third-order valence-corrected chi connectivity index (χ3v) is 3.02. The summed E-state index contributed by atoms with van der Waals surface area (Å²) >= 11 is 0. The zero-order chi connectivity index (χ0) is 15.0. The van der Waals surface area contributed by atoms with E-state index in [1.807, 2.05) is 31.2 Å². The second kappa shape index (κ2) is 4.97. The molecule has 3 rings (SSSR count). The van der Waals surface area contributed by atoms with Gasteiger partial charge < -0.3 is 10.3 Å². The SMILES string of the molecule is Cc1cccc(-c2noc(-c3cc(N)c(F)cc3F)n2)c1. The molecule has 0 aliphatic carbocycles. The van der Waals surface area contributed by atoms with Crippen LogP contribution in [-0.4, -0.2) is 10.1 Å². The molecule has 6 heteroatoms. The van der Waals surface area contributed by atoms with Gasteiger partial charge in [-0.25, -0.2) is 8.78 Å². The molecule has 0 fully saturated rings. The Kier molecular flexibility index (Phi) is 3.13. The Labute approximate surface area is 119 Å². The van der Waals surface area contributed by atoms with E-state index in [-0.39, 0.29) is 17.1 Å². The fraction of sp³-hybridized carbons (Fsp3) is 0.0667. The van der Waals surface area contributed by atoms with E-state index >= 15 is 0 Å². The quantitative estimate of drug-likeness (QED) is 0.732. The fourth-order valence-corrected chi connectivity index (χ4v) is 1.96. The first-order chi connectivity index (χ1) is 10.0. The van der Waals surface area contributed by atoms with E-state index in [0.717, 1.165) is 17.2 Å². The van der Waals surface area contributed by atoms with Gasteiger partial charge in [-0.05, 0) is 19.1 Å². The summed E-state index contributed by atoms with van der Waals surface area (Å²) in [6.07, 6.45) is 0. The van der Waals surface area contributed by atoms with Crippen LogP contribution >= 0.6 is 0 Å². The van der Waals surface area contributed by atoms with Crippen LogP contribution in [0.2, 0.25) is 0 Å². The lowest BCUT2D eigenvalue weighted by Gasteiger charge is -2.00. The third kappa shape index (κ3) is 2.47. The van der Waals surface area contributed by atoms with Gasteiger partial charge in [0.25, 0.3) is 5.89 Å². The van der Waals surface area contributed by atoms with Crippen LogP contribution in [0.15, 0.2) is 40.9 Å². The standard InChI is InChI=1S/C15H11F2N3O/c1-8-3-2-4-9(5-8)14-19-15(21-20-14)10-6-13(18)12(17)7-11(10)16/h2-7H,18H2,1H3. The maximum atomic E-state index is 13.8. The molecule has 106 valence electrons. The molecule has 0 amide bonds. The monoisotopic (exact) mass is 287 g/mol. The summed E-state index contributed by atoms with van der Waals surface area (Å²) < 4.78 is 32.0. The predicted molar refractivity (Wildman–Crippen MR) is 74.2 cm³/mol. The second-order valence-electron chi connectivity index (χ2n) is 4.65. The molecule has 0 aliphatic rings. The lowest BCUT2D eigenvalue weighted by atomic mass is 10.1. The number of nitrogens with two attached hydrogens (primary N) is 1. The minimum absolute atomic E-state index is 0.0275. The molecular weight excluding hydrogens is 276 g/mol. The Morgan fingerprint density at radius 1 is 1.10 bits per heavy atom. The molecule has 4 nitrogen and oxygen atoms in total. The normalized spacial score (nSPS) is 10.8. The molecule has 0 saturated carbocycles. The van der Waals surface area contributed by atoms with Crippen molar-refractivity contribution in [3.05, 3.63) is 53.6 Å². The van der Waals surface area contributed by atoms with Crippen molar-refractivity contribution in [1.29, 1.82) is 0 Å². The van der Waals surface area contributed by atoms with Crippen LogP contribution in [0.1, 0.15) is 5.56 Å². The Morgan fingerprint density at radius 3 is 2.67 bits per heavy atom. The lowest BCUT2D eigenvalue weighted by Crippen LogP contribution is -1.94. The number of benzene rings is 2. The summed E-state index contributed by atoms with van der Waals surface area (Å²) in [5.74, 6) is -1.34. The highest BCUT2D eigenvalue weighted by molar-refractivity contribution is 5.64. The molecule has 0 atom stereocenters. The number of aromatic nitrogens is 2. The van der Waals surface area contributed by atoms with Crippen LogP contribution in [0.4, 0.5) is 14.5 Å². The van der Waals surface area contributed by atoms with Gasteiger partial charge in [-0.2, -0.15) is 4.98 Å². The van der Waals surface area contributed by atoms with Gasteiger partial charge >= 0.3 is 0 Å². The average Bonchev–Trinajstić information content (AvgIpc) is 2.92. The molecule has 1 aromatic heterocycles. The topological polar surface area (TPSA) is 64.9 Å². The van der Waals surface area contributed by atoms with Crippen molar-refractivity contribution in [2.45, 2.75) is 6.92 Å². The van der Waals surface area contributed by atoms with Gasteiger partial charge in [-0.3, -0.25) is 0 Å². The maximum absolute atomic E-state index is 13.8. The Morgan fingerprint density at radius 2 is 1.90 bits per heavy atom. The van der Waals surface area contributed by atoms with Crippen molar-refractivity contribution < 1.29 is 13.3 Å². The number of nitrogen functional groups attached to an aromatic ring is 1. The minimum Gasteiger partial charge on any atom is -0.396 e. The third-order valence-electron chi connectivity index (χ3n) is 3.02. The summed E-state index contributed by atoms with van der Waals surface area (Å²) in [6, 6.07) is 9.32. The van der Waals surface area contributed by atoms with Crippen molar-refractivity contribution in [2.24, 2.45) is 0 Å². The highest BCUT2D eigenvalue weighted by atomic mass is 19.1. The number of hydrogen-bond donors (Lipinski definition) is 1. The predicted octanol–water partition coefficient (Wildman–Crippen LogP) is 3.57. The molecule has 1 heterocycles. The molecule has 2 N–H and O–H groups in total. The Balaban J connectivity index is 2.05. The van der Waals surface area contributed by atoms with E-state index in [1.165, 1.54) is 0 Å². The first-order valence-electron chi connectivity index (χ1n) is 6.20. The fourth-order valence-electron chi connectivity index (χ4n) is 1.96. The Bertz CT molecular complexity index is 814. The largest absolute Gasteiger partial charge is 0.396 e. The number of aryl methyl sites for hydroxylation is 1. The van der Waals surface area contributed by atoms with Gasteiger partial charge in [-0.1, -0.05) is 28.9 Å². The van der Waals surface area contributed by atoms with Gasteiger partial charge in [0.2, 0.25) is 5.82 Å². The van der Waals surface area contributed by atoms with E-state index < -0.39 is 11.6 Å². The number of rotatable bonds is 2. The van der Waals surface area contributed by atoms with Crippen LogP contribution in [0.5, 0.6) is 0 Å². The van der Waals surface area contributed by atoms with E-state index in [4.69, 9.17) is 10.3 Å². The number of halogens is 2. The van der Waals surface area contributed by atoms with E-state index in [0.29, 0.717) is 11.9 Å².